The lowest BCUT2D eigenvalue weighted by atomic mass is 9.56. The highest BCUT2D eigenvalue weighted by molar-refractivity contribution is 6.01. The SMILES string of the molecule is C=CC(C)(C)[C@@]12C[C@H](C(=O)NCc3ccc(OC)cc3)N(C(=O)[C@H](Cc3ccccc3)NC(=O)OC(C)(C)C)[C@]1(C)N(C(C)=O)c1ccccc12. The van der Waals surface area contributed by atoms with E-state index < -0.39 is 46.2 Å². The number of ether oxygens (including phenoxy) is 2. The van der Waals surface area contributed by atoms with E-state index in [1.54, 1.807) is 37.7 Å². The molecule has 10 heteroatoms. The number of carbonyl (C=O) groups is 4. The second-order valence-electron chi connectivity index (χ2n) is 15.1. The molecule has 2 aliphatic rings. The van der Waals surface area contributed by atoms with Crippen molar-refractivity contribution in [3.05, 3.63) is 108 Å². The number of nitrogens with one attached hydrogen (secondary N) is 2. The molecule has 270 valence electrons. The molecule has 0 aromatic heterocycles. The number of para-hydroxylation sites is 1. The summed E-state index contributed by atoms with van der Waals surface area (Å²) in [7, 11) is 1.59. The lowest BCUT2D eigenvalue weighted by molar-refractivity contribution is -0.147. The van der Waals surface area contributed by atoms with Gasteiger partial charge in [-0.05, 0) is 74.4 Å². The minimum absolute atomic E-state index is 0.122. The predicted molar refractivity (Wildman–Crippen MR) is 197 cm³/mol. The van der Waals surface area contributed by atoms with Crippen molar-refractivity contribution in [3.8, 4) is 5.75 Å². The third-order valence-electron chi connectivity index (χ3n) is 10.5. The van der Waals surface area contributed by atoms with Gasteiger partial charge in [0, 0.05) is 19.9 Å². The molecule has 0 unspecified atom stereocenters. The van der Waals surface area contributed by atoms with Crippen LogP contribution in [0.4, 0.5) is 10.5 Å². The Morgan fingerprint density at radius 3 is 2.16 bits per heavy atom. The fourth-order valence-electron chi connectivity index (χ4n) is 8.18. The minimum atomic E-state index is -1.40. The van der Waals surface area contributed by atoms with Gasteiger partial charge < -0.3 is 25.0 Å². The number of amides is 4. The first-order valence-electron chi connectivity index (χ1n) is 17.3. The molecule has 2 heterocycles. The summed E-state index contributed by atoms with van der Waals surface area (Å²) < 4.78 is 10.9. The van der Waals surface area contributed by atoms with Crippen LogP contribution in [0.5, 0.6) is 5.75 Å². The first-order chi connectivity index (χ1) is 24.0. The monoisotopic (exact) mass is 694 g/mol. The van der Waals surface area contributed by atoms with Crippen molar-refractivity contribution < 1.29 is 28.7 Å². The number of likely N-dealkylation sites (tertiary alicyclic amines) is 1. The molecule has 51 heavy (non-hydrogen) atoms. The smallest absolute Gasteiger partial charge is 0.408 e. The van der Waals surface area contributed by atoms with Crippen LogP contribution in [0.25, 0.3) is 0 Å². The predicted octanol–water partition coefficient (Wildman–Crippen LogP) is 6.28. The van der Waals surface area contributed by atoms with Gasteiger partial charge in [-0.3, -0.25) is 19.3 Å². The molecule has 0 bridgehead atoms. The van der Waals surface area contributed by atoms with Crippen LogP contribution in [0, 0.1) is 5.41 Å². The average Bonchev–Trinajstić information content (AvgIpc) is 3.49. The molecule has 1 fully saturated rings. The molecule has 5 rings (SSSR count). The van der Waals surface area contributed by atoms with Gasteiger partial charge in [0.1, 0.15) is 29.1 Å². The van der Waals surface area contributed by atoms with Crippen LogP contribution in [-0.2, 0) is 37.5 Å². The summed E-state index contributed by atoms with van der Waals surface area (Å²) >= 11 is 0. The van der Waals surface area contributed by atoms with Crippen molar-refractivity contribution in [2.75, 3.05) is 12.0 Å². The van der Waals surface area contributed by atoms with Gasteiger partial charge in [-0.1, -0.05) is 80.6 Å². The van der Waals surface area contributed by atoms with Crippen molar-refractivity contribution in [3.63, 3.8) is 0 Å². The van der Waals surface area contributed by atoms with Crippen LogP contribution in [0.1, 0.15) is 71.6 Å². The van der Waals surface area contributed by atoms with Crippen LogP contribution >= 0.6 is 0 Å². The van der Waals surface area contributed by atoms with Gasteiger partial charge in [-0.25, -0.2) is 4.79 Å². The molecular weight excluding hydrogens is 644 g/mol. The first-order valence-corrected chi connectivity index (χ1v) is 17.3. The van der Waals surface area contributed by atoms with Gasteiger partial charge in [0.2, 0.25) is 17.7 Å². The van der Waals surface area contributed by atoms with Crippen LogP contribution in [-0.4, -0.2) is 59.2 Å². The third-order valence-corrected chi connectivity index (χ3v) is 10.5. The molecule has 3 aromatic rings. The average molecular weight is 695 g/mol. The lowest BCUT2D eigenvalue weighted by Gasteiger charge is -2.53. The topological polar surface area (TPSA) is 117 Å². The quantitative estimate of drug-likeness (QED) is 0.241. The molecule has 1 saturated heterocycles. The van der Waals surface area contributed by atoms with Gasteiger partial charge in [-0.2, -0.15) is 0 Å². The molecule has 4 amide bonds. The number of alkyl carbamates (subject to hydrolysis) is 1. The summed E-state index contributed by atoms with van der Waals surface area (Å²) in [6.45, 7) is 17.0. The lowest BCUT2D eigenvalue weighted by Crippen LogP contribution is -2.70. The van der Waals surface area contributed by atoms with Crippen molar-refractivity contribution in [2.45, 2.75) is 96.6 Å². The maximum atomic E-state index is 15.4. The number of methoxy groups -OCH3 is 1. The van der Waals surface area contributed by atoms with Crippen LogP contribution in [0.2, 0.25) is 0 Å². The van der Waals surface area contributed by atoms with E-state index in [1.165, 1.54) is 6.92 Å². The van der Waals surface area contributed by atoms with Gasteiger partial charge in [0.25, 0.3) is 0 Å². The van der Waals surface area contributed by atoms with Crippen molar-refractivity contribution in [1.82, 2.24) is 15.5 Å². The Morgan fingerprint density at radius 2 is 1.57 bits per heavy atom. The Morgan fingerprint density at radius 1 is 0.941 bits per heavy atom. The van der Waals surface area contributed by atoms with E-state index in [2.05, 4.69) is 17.2 Å². The molecule has 0 aliphatic carbocycles. The van der Waals surface area contributed by atoms with E-state index in [0.29, 0.717) is 11.4 Å². The molecule has 0 radical (unpaired) electrons. The van der Waals surface area contributed by atoms with Crippen LogP contribution in [0.15, 0.2) is 91.5 Å². The summed E-state index contributed by atoms with van der Waals surface area (Å²) in [6, 6.07) is 22.2. The molecule has 0 spiro atoms. The van der Waals surface area contributed by atoms with Gasteiger partial charge in [0.15, 0.2) is 0 Å². The normalized spacial score (nSPS) is 21.6. The highest BCUT2D eigenvalue weighted by atomic mass is 16.6. The second kappa shape index (κ2) is 13.9. The maximum absolute atomic E-state index is 15.4. The first kappa shape index (κ1) is 37.1. The number of fused-ring (bicyclic) bond motifs is 3. The van der Waals surface area contributed by atoms with Crippen molar-refractivity contribution in [1.29, 1.82) is 0 Å². The zero-order valence-corrected chi connectivity index (χ0v) is 30.9. The number of nitrogens with zero attached hydrogens (tertiary/aromatic N) is 2. The van der Waals surface area contributed by atoms with Crippen molar-refractivity contribution in [2.24, 2.45) is 5.41 Å². The number of hydrogen-bond acceptors (Lipinski definition) is 6. The van der Waals surface area contributed by atoms with E-state index >= 15 is 4.79 Å². The molecule has 4 atom stereocenters. The van der Waals surface area contributed by atoms with Crippen molar-refractivity contribution >= 4 is 29.5 Å². The van der Waals surface area contributed by atoms with E-state index in [-0.39, 0.29) is 31.2 Å². The van der Waals surface area contributed by atoms with E-state index in [4.69, 9.17) is 9.47 Å². The Balaban J connectivity index is 1.68. The van der Waals surface area contributed by atoms with E-state index in [0.717, 1.165) is 16.7 Å². The number of benzene rings is 3. The van der Waals surface area contributed by atoms with E-state index in [1.807, 2.05) is 106 Å². The number of carbonyl (C=O) groups excluding carboxylic acids is 4. The third kappa shape index (κ3) is 6.59. The summed E-state index contributed by atoms with van der Waals surface area (Å²) in [5.74, 6) is -0.497. The summed E-state index contributed by atoms with van der Waals surface area (Å²) in [5.41, 5.74) is -0.791. The summed E-state index contributed by atoms with van der Waals surface area (Å²) in [6.07, 6.45) is 1.38. The zero-order valence-electron chi connectivity index (χ0n) is 30.9. The molecule has 2 aliphatic heterocycles. The summed E-state index contributed by atoms with van der Waals surface area (Å²) in [4.78, 5) is 60.5. The number of allylic oxidation sites excluding steroid dienone is 1. The highest BCUT2D eigenvalue weighted by Crippen LogP contribution is 2.67. The number of rotatable bonds is 10. The fourth-order valence-corrected chi connectivity index (χ4v) is 8.18. The molecule has 3 aromatic carbocycles. The Labute approximate surface area is 301 Å². The van der Waals surface area contributed by atoms with Crippen LogP contribution in [0.3, 0.4) is 0 Å². The molecule has 10 nitrogen and oxygen atoms in total. The number of anilines is 1. The Kier molecular flexibility index (Phi) is 10.1. The maximum Gasteiger partial charge on any atom is 0.408 e. The van der Waals surface area contributed by atoms with E-state index in [9.17, 15) is 14.4 Å². The number of hydrogen-bond donors (Lipinski definition) is 2. The standard InChI is InChI=1S/C41H50N4O6/c1-10-39(6,7)41-25-34(35(47)42-26-29-20-22-30(50-9)23-21-29)45(40(41,8)44(27(2)46)33-19-15-14-18-31(33)41)36(48)32(24-28-16-12-11-13-17-28)43-37(49)51-38(3,4)5/h10-23,32,34H,1,24-26H2,2-9H3,(H,42,47)(H,43,49)/t32-,34+,40-,41-/m0/s1. The Bertz CT molecular complexity index is 1800. The second-order valence-corrected chi connectivity index (χ2v) is 15.1. The minimum Gasteiger partial charge on any atom is -0.497 e. The molecule has 0 saturated carbocycles. The van der Waals surface area contributed by atoms with Crippen LogP contribution < -0.4 is 20.3 Å². The largest absolute Gasteiger partial charge is 0.497 e. The van der Waals surface area contributed by atoms with Gasteiger partial charge in [0.05, 0.1) is 18.2 Å². The molecule has 2 N–H and O–H groups in total. The summed E-state index contributed by atoms with van der Waals surface area (Å²) in [5, 5.41) is 5.90. The van der Waals surface area contributed by atoms with Gasteiger partial charge in [-0.15, -0.1) is 6.58 Å². The fraction of sp³-hybridized carbons (Fsp3) is 0.415. The Hall–Kier alpha value is -5.12. The zero-order chi connectivity index (χ0) is 37.4. The highest BCUT2D eigenvalue weighted by Gasteiger charge is 2.75. The molecular formula is C41H50N4O6. The van der Waals surface area contributed by atoms with Gasteiger partial charge >= 0.3 is 6.09 Å².